The maximum absolute atomic E-state index is 12.0. The third kappa shape index (κ3) is 2.77. The van der Waals surface area contributed by atoms with Crippen LogP contribution < -0.4 is 0 Å². The molecule has 3 N–H and O–H groups in total. The summed E-state index contributed by atoms with van der Waals surface area (Å²) in [6.07, 6.45) is 0. The van der Waals surface area contributed by atoms with E-state index in [4.69, 9.17) is 0 Å². The molecule has 2 aromatic rings. The van der Waals surface area contributed by atoms with Gasteiger partial charge in [0.2, 0.25) is 5.12 Å². The van der Waals surface area contributed by atoms with Crippen molar-refractivity contribution in [1.82, 2.24) is 4.57 Å². The van der Waals surface area contributed by atoms with Crippen molar-refractivity contribution in [1.29, 1.82) is 0 Å². The second-order valence-electron chi connectivity index (χ2n) is 3.88. The molecule has 1 aromatic carbocycles. The van der Waals surface area contributed by atoms with E-state index >= 15 is 0 Å². The summed E-state index contributed by atoms with van der Waals surface area (Å²) in [6.45, 7) is 0. The van der Waals surface area contributed by atoms with Crippen LogP contribution in [0.15, 0.2) is 42.5 Å². The zero-order valence-electron chi connectivity index (χ0n) is 10.1. The van der Waals surface area contributed by atoms with Crippen LogP contribution in [0.25, 0.3) is 0 Å². The van der Waals surface area contributed by atoms with Gasteiger partial charge in [0.25, 0.3) is 0 Å². The fourth-order valence-electron chi connectivity index (χ4n) is 1.62. The number of carbonyl (C=O) groups is 2. The van der Waals surface area contributed by atoms with Crippen LogP contribution in [-0.2, 0) is 4.79 Å². The normalized spacial score (nSPS) is 12.0. The Morgan fingerprint density at radius 1 is 1.00 bits per heavy atom. The highest BCUT2D eigenvalue weighted by Crippen LogP contribution is 2.35. The van der Waals surface area contributed by atoms with Crippen molar-refractivity contribution >= 4 is 22.8 Å². The molecular formula is C13H11NO5S. The average molecular weight is 293 g/mol. The van der Waals surface area contributed by atoms with Gasteiger partial charge in [-0.15, -0.1) is 0 Å². The summed E-state index contributed by atoms with van der Waals surface area (Å²) >= 11 is 0.496. The van der Waals surface area contributed by atoms with Crippen LogP contribution in [-0.4, -0.2) is 31.0 Å². The molecule has 0 bridgehead atoms. The number of hydrogen-bond acceptors (Lipinski definition) is 5. The Kier molecular flexibility index (Phi) is 3.99. The molecule has 104 valence electrons. The van der Waals surface area contributed by atoms with Gasteiger partial charge >= 0.3 is 5.97 Å². The first-order chi connectivity index (χ1) is 9.50. The number of aromatic nitrogens is 1. The molecule has 1 unspecified atom stereocenters. The van der Waals surface area contributed by atoms with Gasteiger partial charge < -0.3 is 15.3 Å². The Labute approximate surface area is 118 Å². The molecule has 0 saturated carbocycles. The molecule has 1 aromatic heterocycles. The molecule has 6 nitrogen and oxygen atoms in total. The van der Waals surface area contributed by atoms with Crippen LogP contribution in [0.5, 0.6) is 11.8 Å². The van der Waals surface area contributed by atoms with Crippen molar-refractivity contribution in [2.45, 2.75) is 5.37 Å². The van der Waals surface area contributed by atoms with Crippen LogP contribution in [0.1, 0.15) is 15.7 Å². The third-order valence-electron chi connectivity index (χ3n) is 2.55. The summed E-state index contributed by atoms with van der Waals surface area (Å²) in [5.74, 6) is -2.20. The Hall–Kier alpha value is -2.41. The van der Waals surface area contributed by atoms with Gasteiger partial charge in [0.05, 0.1) is 0 Å². The van der Waals surface area contributed by atoms with Crippen molar-refractivity contribution in [3.8, 4) is 11.8 Å². The summed E-state index contributed by atoms with van der Waals surface area (Å²) in [4.78, 5) is 23.3. The Balaban J connectivity index is 2.28. The summed E-state index contributed by atoms with van der Waals surface area (Å²) < 4.78 is 0.772. The molecule has 20 heavy (non-hydrogen) atoms. The number of benzene rings is 1. The topological polar surface area (TPSA) is 99.8 Å². The van der Waals surface area contributed by atoms with Gasteiger partial charge in [-0.1, -0.05) is 30.3 Å². The second kappa shape index (κ2) is 5.70. The molecule has 0 spiro atoms. The van der Waals surface area contributed by atoms with E-state index in [1.54, 1.807) is 30.3 Å². The number of carbonyl (C=O) groups excluding carboxylic acids is 1. The maximum atomic E-state index is 12.0. The highest BCUT2D eigenvalue weighted by atomic mass is 32.2. The van der Waals surface area contributed by atoms with Crippen LogP contribution in [0.2, 0.25) is 0 Å². The Morgan fingerprint density at radius 2 is 1.55 bits per heavy atom. The van der Waals surface area contributed by atoms with Gasteiger partial charge in [0.1, 0.15) is 0 Å². The highest BCUT2D eigenvalue weighted by molar-refractivity contribution is 8.14. The lowest BCUT2D eigenvalue weighted by molar-refractivity contribution is -0.138. The van der Waals surface area contributed by atoms with Crippen LogP contribution in [0.4, 0.5) is 0 Å². The number of carboxylic acids is 1. The van der Waals surface area contributed by atoms with E-state index in [0.29, 0.717) is 17.3 Å². The number of carboxylic acid groups (broad SMARTS) is 1. The van der Waals surface area contributed by atoms with Crippen LogP contribution in [0, 0.1) is 0 Å². The highest BCUT2D eigenvalue weighted by Gasteiger charge is 2.28. The van der Waals surface area contributed by atoms with E-state index in [9.17, 15) is 24.9 Å². The van der Waals surface area contributed by atoms with Crippen molar-refractivity contribution in [2.24, 2.45) is 0 Å². The molecule has 0 radical (unpaired) electrons. The fourth-order valence-corrected chi connectivity index (χ4v) is 2.52. The average Bonchev–Trinajstić information content (AvgIpc) is 2.76. The first kappa shape index (κ1) is 14.0. The van der Waals surface area contributed by atoms with E-state index in [1.807, 2.05) is 0 Å². The van der Waals surface area contributed by atoms with Gasteiger partial charge in [-0.3, -0.25) is 9.36 Å². The zero-order chi connectivity index (χ0) is 14.7. The third-order valence-corrected chi connectivity index (χ3v) is 3.63. The molecule has 0 aliphatic carbocycles. The lowest BCUT2D eigenvalue weighted by Crippen LogP contribution is -2.17. The standard InChI is InChI=1S/C13H11NO5S/c15-9-6-7-10(16)14(9)11(12(17)18)20-13(19)8-4-2-1-3-5-8/h1-7,11,15-16H,(H,17,18). The molecule has 0 fully saturated rings. The quantitative estimate of drug-likeness (QED) is 0.798. The minimum Gasteiger partial charge on any atom is -0.494 e. The summed E-state index contributed by atoms with van der Waals surface area (Å²) in [5.41, 5.74) is 0.342. The lowest BCUT2D eigenvalue weighted by Gasteiger charge is -2.15. The smallest absolute Gasteiger partial charge is 0.338 e. The van der Waals surface area contributed by atoms with Gasteiger partial charge in [0.15, 0.2) is 17.1 Å². The van der Waals surface area contributed by atoms with Crippen molar-refractivity contribution < 1.29 is 24.9 Å². The SMILES string of the molecule is O=C(SC(C(=O)O)n1c(O)ccc1O)c1ccccc1. The van der Waals surface area contributed by atoms with Crippen LogP contribution in [0.3, 0.4) is 0 Å². The second-order valence-corrected chi connectivity index (χ2v) is 4.93. The Morgan fingerprint density at radius 3 is 2.05 bits per heavy atom. The molecule has 1 heterocycles. The molecule has 0 saturated heterocycles. The lowest BCUT2D eigenvalue weighted by atomic mass is 10.2. The number of aromatic hydroxyl groups is 2. The van der Waals surface area contributed by atoms with Gasteiger partial charge in [-0.25, -0.2) is 4.79 Å². The van der Waals surface area contributed by atoms with Crippen LogP contribution >= 0.6 is 11.8 Å². The molecular weight excluding hydrogens is 282 g/mol. The van der Waals surface area contributed by atoms with Gasteiger partial charge in [0, 0.05) is 17.7 Å². The van der Waals surface area contributed by atoms with E-state index in [0.717, 1.165) is 16.7 Å². The monoisotopic (exact) mass is 293 g/mol. The fraction of sp³-hybridized carbons (Fsp3) is 0.0769. The number of aliphatic carboxylic acids is 1. The predicted molar refractivity (Wildman–Crippen MR) is 72.8 cm³/mol. The molecule has 1 atom stereocenters. The summed E-state index contributed by atoms with van der Waals surface area (Å²) in [6, 6.07) is 10.5. The summed E-state index contributed by atoms with van der Waals surface area (Å²) in [5, 5.41) is 26.4. The molecule has 0 aliphatic rings. The number of rotatable bonds is 4. The van der Waals surface area contributed by atoms with Crippen molar-refractivity contribution in [2.75, 3.05) is 0 Å². The van der Waals surface area contributed by atoms with E-state index in [1.165, 1.54) is 0 Å². The minimum atomic E-state index is -1.45. The van der Waals surface area contributed by atoms with Crippen molar-refractivity contribution in [3.05, 3.63) is 48.0 Å². The summed E-state index contributed by atoms with van der Waals surface area (Å²) in [7, 11) is 0. The molecule has 2 rings (SSSR count). The first-order valence-electron chi connectivity index (χ1n) is 5.58. The number of nitrogens with zero attached hydrogens (tertiary/aromatic N) is 1. The minimum absolute atomic E-state index is 0.342. The van der Waals surface area contributed by atoms with E-state index in [-0.39, 0.29) is 0 Å². The number of thioether (sulfide) groups is 1. The van der Waals surface area contributed by atoms with E-state index < -0.39 is 28.2 Å². The molecule has 0 amide bonds. The Bertz CT molecular complexity index is 618. The van der Waals surface area contributed by atoms with Crippen molar-refractivity contribution in [3.63, 3.8) is 0 Å². The molecule has 7 heteroatoms. The van der Waals surface area contributed by atoms with E-state index in [2.05, 4.69) is 0 Å². The predicted octanol–water partition coefficient (Wildman–Crippen LogP) is 2.06. The van der Waals surface area contributed by atoms with Gasteiger partial charge in [-0.2, -0.15) is 0 Å². The number of hydrogen-bond donors (Lipinski definition) is 3. The maximum Gasteiger partial charge on any atom is 0.338 e. The molecule has 0 aliphatic heterocycles. The largest absolute Gasteiger partial charge is 0.494 e. The van der Waals surface area contributed by atoms with Gasteiger partial charge in [-0.05, 0) is 11.8 Å². The first-order valence-corrected chi connectivity index (χ1v) is 6.46. The zero-order valence-corrected chi connectivity index (χ0v) is 10.9.